The molecule has 62 valence electrons. The number of rotatable bonds is 5. The second-order valence-electron chi connectivity index (χ2n) is 0.931. The Morgan fingerprint density at radius 1 is 0.667 bits per heavy atom. The lowest BCUT2D eigenvalue weighted by atomic mass is 12.4. The summed E-state index contributed by atoms with van der Waals surface area (Å²) in [5.41, 5.74) is 10.7. The lowest BCUT2D eigenvalue weighted by Crippen LogP contribution is -2.21. The van der Waals surface area contributed by atoms with Crippen molar-refractivity contribution in [2.75, 3.05) is 0 Å². The number of nitrogens with one attached hydrogen (secondary N) is 1. The first kappa shape index (κ1) is 9.60. The van der Waals surface area contributed by atoms with E-state index >= 15 is 0 Å². The van der Waals surface area contributed by atoms with Gasteiger partial charge < -0.3 is 0 Å². The zero-order chi connectivity index (χ0) is 9.07. The molecule has 0 fully saturated rings. The maximum atomic E-state index is 6.12. The van der Waals surface area contributed by atoms with Crippen LogP contribution in [0.15, 0.2) is 52.2 Å². The van der Waals surface area contributed by atoms with E-state index in [0.717, 1.165) is 0 Å². The Bertz CT molecular complexity index is 198. The molecule has 0 heterocycles. The average Bonchev–Trinajstić information content (AvgIpc) is 2.10. The molecular weight excluding hydrogens is 168 g/mol. The second kappa shape index (κ2) is 8.60. The fourth-order valence-electron chi connectivity index (χ4n) is 0.150. The van der Waals surface area contributed by atoms with Gasteiger partial charge in [0, 0.05) is 15.7 Å². The molecule has 0 atom stereocenters. The van der Waals surface area contributed by atoms with Crippen molar-refractivity contribution in [1.29, 1.82) is 5.53 Å². The van der Waals surface area contributed by atoms with Gasteiger partial charge in [-0.2, -0.15) is 11.1 Å². The highest BCUT2D eigenvalue weighted by Gasteiger charge is 1.72. The smallest absolute Gasteiger partial charge is 0.190 e. The van der Waals surface area contributed by atoms with Crippen molar-refractivity contribution in [2.45, 2.75) is 0 Å². The van der Waals surface area contributed by atoms with Gasteiger partial charge in [-0.25, -0.2) is 0 Å². The molecule has 0 aliphatic carbocycles. The summed E-state index contributed by atoms with van der Waals surface area (Å²) in [6.45, 7) is 0. The molecule has 0 unspecified atom stereocenters. The Hall–Kier alpha value is -2.40. The van der Waals surface area contributed by atoms with Crippen LogP contribution in [0.2, 0.25) is 0 Å². The SMILES string of the molecule is N=NN=NN=NN=NN=NN=[NH2+]. The summed E-state index contributed by atoms with van der Waals surface area (Å²) in [7, 11) is 0. The molecule has 0 spiro atoms. The molecule has 0 saturated carbocycles. The summed E-state index contributed by atoms with van der Waals surface area (Å²) in [4.78, 5) is 0. The highest BCUT2D eigenvalue weighted by Crippen LogP contribution is 1.84. The van der Waals surface area contributed by atoms with Gasteiger partial charge >= 0.3 is 0 Å². The Morgan fingerprint density at radius 2 is 1.08 bits per heavy atom. The van der Waals surface area contributed by atoms with E-state index in [-0.39, 0.29) is 0 Å². The highest BCUT2D eigenvalue weighted by atomic mass is 15.7. The molecule has 0 radical (unpaired) electrons. The van der Waals surface area contributed by atoms with Crippen molar-refractivity contribution in [3.63, 3.8) is 0 Å². The molecule has 12 nitrogen and oxygen atoms in total. The second-order valence-corrected chi connectivity index (χ2v) is 0.931. The van der Waals surface area contributed by atoms with E-state index in [4.69, 9.17) is 5.53 Å². The number of nitrogens with zero attached hydrogens (tertiary/aromatic N) is 10. The molecule has 0 aromatic rings. The fourth-order valence-corrected chi connectivity index (χ4v) is 0.150. The molecule has 12 heteroatoms. The van der Waals surface area contributed by atoms with Crippen LogP contribution in [0.3, 0.4) is 0 Å². The molecule has 0 aromatic heterocycles. The van der Waals surface area contributed by atoms with E-state index in [2.05, 4.69) is 57.8 Å². The Balaban J connectivity index is 3.65. The van der Waals surface area contributed by atoms with Gasteiger partial charge in [-0.1, -0.05) is 0 Å². The summed E-state index contributed by atoms with van der Waals surface area (Å²) >= 11 is 0. The zero-order valence-electron chi connectivity index (χ0n) is 5.55. The van der Waals surface area contributed by atoms with E-state index in [1.165, 1.54) is 0 Å². The van der Waals surface area contributed by atoms with Gasteiger partial charge in [-0.3, -0.25) is 0 Å². The Morgan fingerprint density at radius 3 is 1.50 bits per heavy atom. The third-order valence-electron chi connectivity index (χ3n) is 0.376. The van der Waals surface area contributed by atoms with E-state index in [1.807, 2.05) is 0 Å². The van der Waals surface area contributed by atoms with Gasteiger partial charge in [-0.15, -0.1) is 0 Å². The van der Waals surface area contributed by atoms with Gasteiger partial charge in [0.25, 0.3) is 0 Å². The average molecular weight is 171 g/mol. The van der Waals surface area contributed by atoms with Crippen molar-refractivity contribution in [2.24, 2.45) is 52.2 Å². The van der Waals surface area contributed by atoms with Gasteiger partial charge in [-0.05, 0) is 20.9 Å². The maximum absolute atomic E-state index is 6.12. The van der Waals surface area contributed by atoms with Crippen LogP contribution in [0.1, 0.15) is 0 Å². The molecule has 0 bridgehead atoms. The molecule has 0 saturated heterocycles. The van der Waals surface area contributed by atoms with Gasteiger partial charge in [0.05, 0.1) is 0 Å². The van der Waals surface area contributed by atoms with Crippen LogP contribution in [-0.2, 0) is 0 Å². The molecule has 0 aliphatic heterocycles. The predicted octanol–water partition coefficient (Wildman–Crippen LogP) is 0.612. The molecular formula is H3N12+. The van der Waals surface area contributed by atoms with Crippen LogP contribution < -0.4 is 5.53 Å². The summed E-state index contributed by atoms with van der Waals surface area (Å²) in [6, 6.07) is 0. The fraction of sp³-hybridized carbons (Fsp3) is 0. The normalized spacial score (nSPS) is 12.3. The molecule has 3 N–H and O–H groups in total. The van der Waals surface area contributed by atoms with E-state index < -0.39 is 0 Å². The molecule has 0 amide bonds. The lowest BCUT2D eigenvalue weighted by Gasteiger charge is -1.64. The summed E-state index contributed by atoms with van der Waals surface area (Å²) in [5, 5.41) is 28.3. The van der Waals surface area contributed by atoms with Crippen LogP contribution in [0, 0.1) is 5.53 Å². The largest absolute Gasteiger partial charge is 0.225 e. The molecule has 0 rings (SSSR count). The number of hydrogen-bond acceptors (Lipinski definition) is 1. The van der Waals surface area contributed by atoms with E-state index in [9.17, 15) is 0 Å². The van der Waals surface area contributed by atoms with Crippen LogP contribution in [0.5, 0.6) is 0 Å². The minimum Gasteiger partial charge on any atom is -0.190 e. The third kappa shape index (κ3) is 7.60. The zero-order valence-corrected chi connectivity index (χ0v) is 5.55. The maximum Gasteiger partial charge on any atom is 0.225 e. The van der Waals surface area contributed by atoms with Crippen molar-refractivity contribution >= 4 is 0 Å². The van der Waals surface area contributed by atoms with Crippen molar-refractivity contribution in [3.05, 3.63) is 0 Å². The Labute approximate surface area is 64.5 Å². The highest BCUT2D eigenvalue weighted by molar-refractivity contribution is 4.08. The van der Waals surface area contributed by atoms with Crippen molar-refractivity contribution in [1.82, 2.24) is 0 Å². The lowest BCUT2D eigenvalue weighted by molar-refractivity contribution is -0.223. The minimum atomic E-state index is 2.49. The topological polar surface area (TPSA) is 173 Å². The summed E-state index contributed by atoms with van der Waals surface area (Å²) in [6.07, 6.45) is 0. The third-order valence-corrected chi connectivity index (χ3v) is 0.376. The monoisotopic (exact) mass is 171 g/mol. The van der Waals surface area contributed by atoms with Crippen LogP contribution in [0.25, 0.3) is 0 Å². The van der Waals surface area contributed by atoms with Gasteiger partial charge in [0.15, 0.2) is 5.22 Å². The first-order chi connectivity index (χ1) is 5.91. The van der Waals surface area contributed by atoms with Crippen LogP contribution in [0.4, 0.5) is 0 Å². The van der Waals surface area contributed by atoms with Crippen molar-refractivity contribution in [3.8, 4) is 0 Å². The van der Waals surface area contributed by atoms with Crippen LogP contribution >= 0.6 is 0 Å². The van der Waals surface area contributed by atoms with E-state index in [1.54, 1.807) is 0 Å². The predicted molar refractivity (Wildman–Crippen MR) is 28.9 cm³/mol. The quantitative estimate of drug-likeness (QED) is 0.435. The first-order valence-electron chi connectivity index (χ1n) is 2.28. The van der Waals surface area contributed by atoms with E-state index in [0.29, 0.717) is 0 Å². The summed E-state index contributed by atoms with van der Waals surface area (Å²) < 4.78 is 0. The number of nitrogens with two attached hydrogens (primary N) is 1. The summed E-state index contributed by atoms with van der Waals surface area (Å²) in [5.74, 6) is 0. The van der Waals surface area contributed by atoms with Crippen molar-refractivity contribution < 1.29 is 5.53 Å². The molecule has 12 heavy (non-hydrogen) atoms. The van der Waals surface area contributed by atoms with Gasteiger partial charge in [0.2, 0.25) is 5.22 Å². The Kier molecular flexibility index (Phi) is 6.88. The molecule has 0 aromatic carbocycles. The molecule has 0 aliphatic rings. The van der Waals surface area contributed by atoms with Crippen LogP contribution in [-0.4, -0.2) is 0 Å². The van der Waals surface area contributed by atoms with Gasteiger partial charge in [0.1, 0.15) is 5.22 Å². The first-order valence-corrected chi connectivity index (χ1v) is 2.28. The minimum absolute atomic E-state index is 2.49. The number of hydrogen-bond donors (Lipinski definition) is 2. The standard InChI is InChI=1S/H2N12/c1-3-5-7-9-11-12-10-8-6-4-2/h1-2H/p+1.